The van der Waals surface area contributed by atoms with Crippen LogP contribution in [-0.4, -0.2) is 36.8 Å². The molecule has 0 unspecified atom stereocenters. The zero-order valence-electron chi connectivity index (χ0n) is 11.5. The molecule has 0 atom stereocenters. The van der Waals surface area contributed by atoms with Gasteiger partial charge >= 0.3 is 0 Å². The molecule has 20 heavy (non-hydrogen) atoms. The van der Waals surface area contributed by atoms with E-state index in [0.717, 1.165) is 22.2 Å². The van der Waals surface area contributed by atoms with Gasteiger partial charge in [-0.1, -0.05) is 6.07 Å². The number of hydrogen-bond donors (Lipinski definition) is 0. The van der Waals surface area contributed by atoms with E-state index in [1.54, 1.807) is 25.3 Å². The highest BCUT2D eigenvalue weighted by atomic mass is 32.2. The molecular weight excluding hydrogens is 278 g/mol. The average molecular weight is 293 g/mol. The summed E-state index contributed by atoms with van der Waals surface area (Å²) < 4.78 is 10.7. The number of imide groups is 1. The number of hydrogen-bond acceptors (Lipinski definition) is 5. The maximum Gasteiger partial charge on any atom is 0.293 e. The van der Waals surface area contributed by atoms with Crippen molar-refractivity contribution in [2.75, 3.05) is 20.8 Å². The number of methoxy groups -OCH3 is 1. The van der Waals surface area contributed by atoms with E-state index in [0.29, 0.717) is 23.0 Å². The van der Waals surface area contributed by atoms with Gasteiger partial charge in [0.25, 0.3) is 11.1 Å². The quantitative estimate of drug-likeness (QED) is 0.799. The van der Waals surface area contributed by atoms with Crippen LogP contribution in [0, 0.1) is 0 Å². The number of benzene rings is 1. The molecule has 0 spiro atoms. The van der Waals surface area contributed by atoms with Gasteiger partial charge in [0.05, 0.1) is 18.6 Å². The summed E-state index contributed by atoms with van der Waals surface area (Å²) in [5.41, 5.74) is 0.782. The molecule has 1 aromatic carbocycles. The number of likely N-dealkylation sites (N-methyl/N-ethyl adjacent to an activating group) is 1. The molecule has 0 aliphatic carbocycles. The first-order chi connectivity index (χ1) is 9.56. The predicted octanol–water partition coefficient (Wildman–Crippen LogP) is 2.76. The lowest BCUT2D eigenvalue weighted by atomic mass is 10.2. The molecule has 1 aliphatic heterocycles. The maximum atomic E-state index is 11.8. The fourth-order valence-electron chi connectivity index (χ4n) is 1.75. The molecular formula is C14H15NO4S. The van der Waals surface area contributed by atoms with E-state index in [2.05, 4.69) is 0 Å². The van der Waals surface area contributed by atoms with Gasteiger partial charge in [0.1, 0.15) is 0 Å². The van der Waals surface area contributed by atoms with Crippen LogP contribution in [0.25, 0.3) is 6.08 Å². The number of rotatable bonds is 4. The Balaban J connectivity index is 2.30. The summed E-state index contributed by atoms with van der Waals surface area (Å²) in [5.74, 6) is 0.958. The fraction of sp³-hybridized carbons (Fsp3) is 0.286. The topological polar surface area (TPSA) is 55.8 Å². The van der Waals surface area contributed by atoms with Crippen LogP contribution in [0.15, 0.2) is 23.1 Å². The second-order valence-corrected chi connectivity index (χ2v) is 5.08. The normalized spacial score (nSPS) is 16.9. The second kappa shape index (κ2) is 6.00. The molecule has 1 saturated heterocycles. The standard InChI is InChI=1S/C14H15NO4S/c1-4-19-10-6-5-9(7-11(10)18-3)8-12-13(16)15(2)14(17)20-12/h5-8H,4H2,1-3H3/b12-8-. The van der Waals surface area contributed by atoms with Gasteiger partial charge in [-0.3, -0.25) is 14.5 Å². The first-order valence-corrected chi connectivity index (χ1v) is 6.91. The second-order valence-electron chi connectivity index (χ2n) is 4.08. The summed E-state index contributed by atoms with van der Waals surface area (Å²) in [5, 5.41) is -0.265. The van der Waals surface area contributed by atoms with Crippen LogP contribution in [0.4, 0.5) is 4.79 Å². The Morgan fingerprint density at radius 2 is 2.05 bits per heavy atom. The van der Waals surface area contributed by atoms with E-state index >= 15 is 0 Å². The van der Waals surface area contributed by atoms with Crippen LogP contribution >= 0.6 is 11.8 Å². The molecule has 1 fully saturated rings. The van der Waals surface area contributed by atoms with E-state index in [4.69, 9.17) is 9.47 Å². The molecule has 0 aromatic heterocycles. The highest BCUT2D eigenvalue weighted by Crippen LogP contribution is 2.33. The van der Waals surface area contributed by atoms with Crippen LogP contribution < -0.4 is 9.47 Å². The lowest BCUT2D eigenvalue weighted by Crippen LogP contribution is -2.22. The summed E-state index contributed by atoms with van der Waals surface area (Å²) in [4.78, 5) is 24.7. The summed E-state index contributed by atoms with van der Waals surface area (Å²) in [6.07, 6.45) is 1.67. The van der Waals surface area contributed by atoms with Crippen molar-refractivity contribution in [2.45, 2.75) is 6.92 Å². The van der Waals surface area contributed by atoms with Crippen molar-refractivity contribution < 1.29 is 19.1 Å². The molecule has 5 nitrogen and oxygen atoms in total. The lowest BCUT2D eigenvalue weighted by Gasteiger charge is -2.09. The van der Waals surface area contributed by atoms with Gasteiger partial charge in [0, 0.05) is 7.05 Å². The SMILES string of the molecule is CCOc1ccc(/C=C2\SC(=O)N(C)C2=O)cc1OC. The Bertz CT molecular complexity index is 583. The summed E-state index contributed by atoms with van der Waals surface area (Å²) in [7, 11) is 3.03. The fourth-order valence-corrected chi connectivity index (χ4v) is 2.57. The molecule has 106 valence electrons. The van der Waals surface area contributed by atoms with E-state index in [9.17, 15) is 9.59 Å². The average Bonchev–Trinajstić information content (AvgIpc) is 2.68. The van der Waals surface area contributed by atoms with Crippen LogP contribution in [0.2, 0.25) is 0 Å². The zero-order chi connectivity index (χ0) is 14.7. The zero-order valence-corrected chi connectivity index (χ0v) is 12.3. The van der Waals surface area contributed by atoms with Crippen molar-refractivity contribution in [3.8, 4) is 11.5 Å². The minimum Gasteiger partial charge on any atom is -0.493 e. The van der Waals surface area contributed by atoms with Gasteiger partial charge < -0.3 is 9.47 Å². The smallest absolute Gasteiger partial charge is 0.293 e. The first kappa shape index (κ1) is 14.5. The van der Waals surface area contributed by atoms with E-state index in [-0.39, 0.29) is 11.1 Å². The van der Waals surface area contributed by atoms with Gasteiger partial charge in [-0.15, -0.1) is 0 Å². The van der Waals surface area contributed by atoms with Crippen molar-refractivity contribution >= 4 is 29.0 Å². The van der Waals surface area contributed by atoms with Gasteiger partial charge in [-0.25, -0.2) is 0 Å². The minimum absolute atomic E-state index is 0.265. The van der Waals surface area contributed by atoms with Crippen LogP contribution in [0.5, 0.6) is 11.5 Å². The summed E-state index contributed by atoms with van der Waals surface area (Å²) in [6.45, 7) is 2.44. The summed E-state index contributed by atoms with van der Waals surface area (Å²) in [6, 6.07) is 5.37. The maximum absolute atomic E-state index is 11.8. The van der Waals surface area contributed by atoms with E-state index < -0.39 is 0 Å². The monoisotopic (exact) mass is 293 g/mol. The Morgan fingerprint density at radius 1 is 1.30 bits per heavy atom. The van der Waals surface area contributed by atoms with E-state index in [1.165, 1.54) is 7.05 Å². The Kier molecular flexibility index (Phi) is 4.34. The Hall–Kier alpha value is -1.95. The molecule has 0 bridgehead atoms. The van der Waals surface area contributed by atoms with Crippen LogP contribution in [-0.2, 0) is 4.79 Å². The van der Waals surface area contributed by atoms with Crippen molar-refractivity contribution in [3.63, 3.8) is 0 Å². The number of amides is 2. The highest BCUT2D eigenvalue weighted by molar-refractivity contribution is 8.18. The molecule has 0 radical (unpaired) electrons. The Labute approximate surface area is 121 Å². The van der Waals surface area contributed by atoms with Crippen molar-refractivity contribution in [3.05, 3.63) is 28.7 Å². The van der Waals surface area contributed by atoms with Crippen LogP contribution in [0.3, 0.4) is 0 Å². The molecule has 2 rings (SSSR count). The third kappa shape index (κ3) is 2.80. The van der Waals surface area contributed by atoms with Gasteiger partial charge in [-0.2, -0.15) is 0 Å². The highest BCUT2D eigenvalue weighted by Gasteiger charge is 2.31. The number of carbonyl (C=O) groups excluding carboxylic acids is 2. The minimum atomic E-state index is -0.284. The first-order valence-electron chi connectivity index (χ1n) is 6.09. The van der Waals surface area contributed by atoms with Crippen molar-refractivity contribution in [1.29, 1.82) is 0 Å². The number of ether oxygens (including phenoxy) is 2. The van der Waals surface area contributed by atoms with Gasteiger partial charge in [-0.05, 0) is 42.5 Å². The lowest BCUT2D eigenvalue weighted by molar-refractivity contribution is -0.121. The van der Waals surface area contributed by atoms with E-state index in [1.807, 2.05) is 13.0 Å². The largest absolute Gasteiger partial charge is 0.493 e. The Morgan fingerprint density at radius 3 is 2.60 bits per heavy atom. The number of nitrogens with zero attached hydrogens (tertiary/aromatic N) is 1. The third-order valence-corrected chi connectivity index (χ3v) is 3.73. The van der Waals surface area contributed by atoms with Gasteiger partial charge in [0.2, 0.25) is 0 Å². The molecule has 1 aliphatic rings. The third-order valence-electron chi connectivity index (χ3n) is 2.77. The number of carbonyl (C=O) groups is 2. The molecule has 2 amide bonds. The molecule has 1 aromatic rings. The van der Waals surface area contributed by atoms with Gasteiger partial charge in [0.15, 0.2) is 11.5 Å². The van der Waals surface area contributed by atoms with Crippen LogP contribution in [0.1, 0.15) is 12.5 Å². The summed E-state index contributed by atoms with van der Waals surface area (Å²) >= 11 is 0.931. The molecule has 1 heterocycles. The predicted molar refractivity (Wildman–Crippen MR) is 77.9 cm³/mol. The molecule has 0 N–H and O–H groups in total. The van der Waals surface area contributed by atoms with Crippen molar-refractivity contribution in [1.82, 2.24) is 4.90 Å². The van der Waals surface area contributed by atoms with Crippen molar-refractivity contribution in [2.24, 2.45) is 0 Å². The molecule has 0 saturated carbocycles. The molecule has 6 heteroatoms. The number of thioether (sulfide) groups is 1.